The number of imidazole rings is 1. The van der Waals surface area contributed by atoms with Crippen LogP contribution in [0.4, 0.5) is 11.9 Å². The van der Waals surface area contributed by atoms with Gasteiger partial charge in [-0.2, -0.15) is 15.0 Å². The molecule has 0 bridgehead atoms. The van der Waals surface area contributed by atoms with Gasteiger partial charge in [0.2, 0.25) is 17.8 Å². The Bertz CT molecular complexity index is 529. The van der Waals surface area contributed by atoms with Crippen LogP contribution in [-0.2, 0) is 4.74 Å². The lowest BCUT2D eigenvalue weighted by atomic mass is 10.5. The number of aromatic nitrogens is 5. The van der Waals surface area contributed by atoms with Gasteiger partial charge in [-0.3, -0.25) is 4.57 Å². The summed E-state index contributed by atoms with van der Waals surface area (Å²) in [6.07, 6.45) is 5.04. The van der Waals surface area contributed by atoms with E-state index in [2.05, 4.69) is 19.9 Å². The topological polar surface area (TPSA) is 95.0 Å². The van der Waals surface area contributed by atoms with Crippen molar-refractivity contribution in [3.63, 3.8) is 0 Å². The van der Waals surface area contributed by atoms with E-state index in [0.29, 0.717) is 31.7 Å². The van der Waals surface area contributed by atoms with Crippen molar-refractivity contribution in [3.8, 4) is 5.95 Å². The number of hydrogen-bond donors (Lipinski definition) is 1. The van der Waals surface area contributed by atoms with Crippen LogP contribution in [0.2, 0.25) is 0 Å². The summed E-state index contributed by atoms with van der Waals surface area (Å²) in [4.78, 5) is 18.7. The number of anilines is 2. The van der Waals surface area contributed by atoms with E-state index in [1.54, 1.807) is 23.3 Å². The summed E-state index contributed by atoms with van der Waals surface area (Å²) in [7, 11) is 0. The minimum absolute atomic E-state index is 0.188. The molecule has 0 aromatic carbocycles. The predicted molar refractivity (Wildman–Crippen MR) is 75.7 cm³/mol. The third-order valence-electron chi connectivity index (χ3n) is 2.74. The van der Waals surface area contributed by atoms with Gasteiger partial charge in [0, 0.05) is 32.1 Å². The Morgan fingerprint density at radius 2 is 2.15 bits per heavy atom. The molecule has 20 heavy (non-hydrogen) atoms. The van der Waals surface area contributed by atoms with Gasteiger partial charge in [-0.25, -0.2) is 4.98 Å². The molecule has 0 aliphatic rings. The zero-order valence-corrected chi connectivity index (χ0v) is 11.7. The number of nitrogen functional groups attached to an aromatic ring is 1. The summed E-state index contributed by atoms with van der Waals surface area (Å²) in [5, 5.41) is 0. The van der Waals surface area contributed by atoms with E-state index < -0.39 is 0 Å². The SMILES string of the molecule is CCOCCN(CC)c1nc(N)nc(-n2ccnc2)n1. The Hall–Kier alpha value is -2.22. The molecule has 2 N–H and O–H groups in total. The highest BCUT2D eigenvalue weighted by atomic mass is 16.5. The van der Waals surface area contributed by atoms with Crippen LogP contribution in [0.5, 0.6) is 0 Å². The maximum atomic E-state index is 5.76. The first kappa shape index (κ1) is 14.2. The molecule has 2 aromatic heterocycles. The lowest BCUT2D eigenvalue weighted by molar-refractivity contribution is 0.153. The molecule has 108 valence electrons. The Labute approximate surface area is 117 Å². The highest BCUT2D eigenvalue weighted by molar-refractivity contribution is 5.37. The largest absolute Gasteiger partial charge is 0.380 e. The van der Waals surface area contributed by atoms with Crippen LogP contribution < -0.4 is 10.6 Å². The molecule has 0 amide bonds. The molecule has 2 aromatic rings. The fraction of sp³-hybridized carbons (Fsp3) is 0.500. The highest BCUT2D eigenvalue weighted by Gasteiger charge is 2.12. The maximum Gasteiger partial charge on any atom is 0.241 e. The Kier molecular flexibility index (Phi) is 4.83. The summed E-state index contributed by atoms with van der Waals surface area (Å²) >= 11 is 0. The Morgan fingerprint density at radius 1 is 1.30 bits per heavy atom. The van der Waals surface area contributed by atoms with Gasteiger partial charge >= 0.3 is 0 Å². The molecule has 8 heteroatoms. The van der Waals surface area contributed by atoms with Crippen molar-refractivity contribution in [3.05, 3.63) is 18.7 Å². The fourth-order valence-electron chi connectivity index (χ4n) is 1.72. The first-order chi connectivity index (χ1) is 9.74. The van der Waals surface area contributed by atoms with E-state index in [1.165, 1.54) is 0 Å². The zero-order chi connectivity index (χ0) is 14.4. The second-order valence-corrected chi connectivity index (χ2v) is 4.04. The average molecular weight is 277 g/mol. The van der Waals surface area contributed by atoms with Gasteiger partial charge in [-0.15, -0.1) is 0 Å². The Morgan fingerprint density at radius 3 is 2.80 bits per heavy atom. The fourth-order valence-corrected chi connectivity index (χ4v) is 1.72. The van der Waals surface area contributed by atoms with Crippen molar-refractivity contribution in [1.82, 2.24) is 24.5 Å². The molecule has 0 atom stereocenters. The van der Waals surface area contributed by atoms with Crippen molar-refractivity contribution < 1.29 is 4.74 Å². The van der Waals surface area contributed by atoms with Gasteiger partial charge < -0.3 is 15.4 Å². The van der Waals surface area contributed by atoms with E-state index in [1.807, 2.05) is 18.7 Å². The molecule has 8 nitrogen and oxygen atoms in total. The Balaban J connectivity index is 2.21. The molecule has 0 radical (unpaired) electrons. The minimum atomic E-state index is 0.188. The molecular formula is C12H19N7O. The molecule has 0 aliphatic heterocycles. The lowest BCUT2D eigenvalue weighted by Crippen LogP contribution is -2.29. The second-order valence-electron chi connectivity index (χ2n) is 4.04. The smallest absolute Gasteiger partial charge is 0.241 e. The van der Waals surface area contributed by atoms with Crippen LogP contribution in [0.1, 0.15) is 13.8 Å². The van der Waals surface area contributed by atoms with Crippen molar-refractivity contribution in [2.45, 2.75) is 13.8 Å². The van der Waals surface area contributed by atoms with Crippen LogP contribution in [0, 0.1) is 0 Å². The maximum absolute atomic E-state index is 5.76. The molecule has 2 heterocycles. The normalized spacial score (nSPS) is 10.7. The lowest BCUT2D eigenvalue weighted by Gasteiger charge is -2.20. The molecule has 2 rings (SSSR count). The van der Waals surface area contributed by atoms with Crippen molar-refractivity contribution in [2.75, 3.05) is 36.9 Å². The molecule has 0 saturated carbocycles. The van der Waals surface area contributed by atoms with Gasteiger partial charge in [-0.05, 0) is 13.8 Å². The van der Waals surface area contributed by atoms with Crippen LogP contribution in [0.15, 0.2) is 18.7 Å². The molecule has 0 aliphatic carbocycles. The van der Waals surface area contributed by atoms with E-state index >= 15 is 0 Å². The summed E-state index contributed by atoms with van der Waals surface area (Å²) in [6, 6.07) is 0. The first-order valence-corrected chi connectivity index (χ1v) is 6.57. The number of ether oxygens (including phenoxy) is 1. The number of likely N-dealkylation sites (N-methyl/N-ethyl adjacent to an activating group) is 1. The standard InChI is InChI=1S/C12H19N7O/c1-3-18(7-8-20-4-2)11-15-10(13)16-12(17-11)19-6-5-14-9-19/h5-6,9H,3-4,7-8H2,1-2H3,(H2,13,15,16,17). The van der Waals surface area contributed by atoms with Gasteiger partial charge in [0.15, 0.2) is 0 Å². The predicted octanol–water partition coefficient (Wildman–Crippen LogP) is 0.502. The minimum Gasteiger partial charge on any atom is -0.380 e. The van der Waals surface area contributed by atoms with Gasteiger partial charge in [-0.1, -0.05) is 0 Å². The number of hydrogen-bond acceptors (Lipinski definition) is 7. The molecule has 0 unspecified atom stereocenters. The first-order valence-electron chi connectivity index (χ1n) is 6.57. The molecular weight excluding hydrogens is 258 g/mol. The van der Waals surface area contributed by atoms with Crippen LogP contribution in [-0.4, -0.2) is 50.8 Å². The van der Waals surface area contributed by atoms with Crippen LogP contribution in [0.3, 0.4) is 0 Å². The third-order valence-corrected chi connectivity index (χ3v) is 2.74. The van der Waals surface area contributed by atoms with Gasteiger partial charge in [0.1, 0.15) is 6.33 Å². The highest BCUT2D eigenvalue weighted by Crippen LogP contribution is 2.11. The van der Waals surface area contributed by atoms with Crippen LogP contribution >= 0.6 is 0 Å². The number of nitrogens with two attached hydrogens (primary N) is 1. The number of rotatable bonds is 7. The zero-order valence-electron chi connectivity index (χ0n) is 11.7. The van der Waals surface area contributed by atoms with Crippen LogP contribution in [0.25, 0.3) is 5.95 Å². The second kappa shape index (κ2) is 6.80. The van der Waals surface area contributed by atoms with Crippen molar-refractivity contribution >= 4 is 11.9 Å². The monoisotopic (exact) mass is 277 g/mol. The van der Waals surface area contributed by atoms with Gasteiger partial charge in [0.05, 0.1) is 6.61 Å². The summed E-state index contributed by atoms with van der Waals surface area (Å²) in [5.41, 5.74) is 5.76. The molecule has 0 saturated heterocycles. The van der Waals surface area contributed by atoms with Crippen molar-refractivity contribution in [1.29, 1.82) is 0 Å². The molecule has 0 spiro atoms. The van der Waals surface area contributed by atoms with E-state index in [0.717, 1.165) is 6.54 Å². The van der Waals surface area contributed by atoms with Crippen molar-refractivity contribution in [2.24, 2.45) is 0 Å². The number of nitrogens with zero attached hydrogens (tertiary/aromatic N) is 6. The van der Waals surface area contributed by atoms with E-state index in [-0.39, 0.29) is 5.95 Å². The summed E-state index contributed by atoms with van der Waals surface area (Å²) < 4.78 is 7.05. The quantitative estimate of drug-likeness (QED) is 0.736. The van der Waals surface area contributed by atoms with E-state index in [9.17, 15) is 0 Å². The van der Waals surface area contributed by atoms with E-state index in [4.69, 9.17) is 10.5 Å². The summed E-state index contributed by atoms with van der Waals surface area (Å²) in [5.74, 6) is 1.19. The van der Waals surface area contributed by atoms with Gasteiger partial charge in [0.25, 0.3) is 0 Å². The average Bonchev–Trinajstić information content (AvgIpc) is 2.97. The summed E-state index contributed by atoms with van der Waals surface area (Å²) in [6.45, 7) is 6.78. The third kappa shape index (κ3) is 3.41. The molecule has 0 fully saturated rings.